The average Bonchev–Trinajstić information content (AvgIpc) is 3.16. The van der Waals surface area contributed by atoms with Gasteiger partial charge >= 0.3 is 5.97 Å². The molecule has 12 heteroatoms. The lowest BCUT2D eigenvalue weighted by Crippen LogP contribution is -2.70. The van der Waals surface area contributed by atoms with Crippen LogP contribution in [-0.2, 0) is 37.6 Å². The Labute approximate surface area is 307 Å². The van der Waals surface area contributed by atoms with Crippen molar-refractivity contribution < 1.29 is 37.6 Å². The third-order valence-corrected chi connectivity index (χ3v) is 15.8. The maximum absolute atomic E-state index is 12.3. The maximum atomic E-state index is 12.3. The molecule has 52 heavy (non-hydrogen) atoms. The molecule has 11 nitrogen and oxygen atoms in total. The number of carbonyl (C=O) groups is 1. The molecule has 10 atom stereocenters. The molecule has 5 unspecified atom stereocenters. The van der Waals surface area contributed by atoms with Gasteiger partial charge in [-0.15, -0.1) is 0 Å². The van der Waals surface area contributed by atoms with Gasteiger partial charge in [0.25, 0.3) is 8.32 Å². The Kier molecular flexibility index (Phi) is 12.2. The van der Waals surface area contributed by atoms with E-state index in [2.05, 4.69) is 93.2 Å². The average molecular weight is 730 g/mol. The van der Waals surface area contributed by atoms with Gasteiger partial charge in [0.05, 0.1) is 25.9 Å². The summed E-state index contributed by atoms with van der Waals surface area (Å²) in [6.45, 7) is 11.0. The summed E-state index contributed by atoms with van der Waals surface area (Å²) in [5, 5.41) is 6.30. The first-order valence-corrected chi connectivity index (χ1v) is 20.1. The number of esters is 1. The van der Waals surface area contributed by atoms with Gasteiger partial charge in [-0.25, -0.2) is 4.79 Å². The van der Waals surface area contributed by atoms with Crippen molar-refractivity contribution in [3.05, 3.63) is 107 Å². The molecule has 0 N–H and O–H groups in total. The second kappa shape index (κ2) is 16.6. The summed E-state index contributed by atoms with van der Waals surface area (Å²) in [5.74, 6) is -0.333. The van der Waals surface area contributed by atoms with Gasteiger partial charge in [-0.2, -0.15) is 0 Å². The highest BCUT2D eigenvalue weighted by atomic mass is 28.4. The van der Waals surface area contributed by atoms with Crippen LogP contribution in [0.2, 0.25) is 5.04 Å². The Morgan fingerprint density at radius 1 is 0.865 bits per heavy atom. The molecule has 6 rings (SSSR count). The van der Waals surface area contributed by atoms with Crippen molar-refractivity contribution in [3.8, 4) is 0 Å². The SMILES string of the molecule is COC(=O)CO[C@@H]1C(N=[N+]=[N-])C(OC2[C@@H](C)CC[C@H](C)[C@H]2O[Si](c2ccccc2)(c2ccccc2)C(C)(C)C)OC2COC(c3ccccc3)O[C@@H]21. The van der Waals surface area contributed by atoms with Crippen molar-refractivity contribution in [2.75, 3.05) is 20.3 Å². The number of fused-ring (bicyclic) bond motifs is 1. The highest BCUT2D eigenvalue weighted by molar-refractivity contribution is 6.99. The van der Waals surface area contributed by atoms with Gasteiger partial charge in [0, 0.05) is 10.5 Å². The number of hydrogen-bond donors (Lipinski definition) is 0. The molecule has 3 aromatic rings. The summed E-state index contributed by atoms with van der Waals surface area (Å²) in [7, 11) is -1.68. The Balaban J connectivity index is 1.36. The number of ether oxygens (including phenoxy) is 6. The third kappa shape index (κ3) is 7.85. The fourth-order valence-corrected chi connectivity index (χ4v) is 12.8. The van der Waals surface area contributed by atoms with Gasteiger partial charge in [0.15, 0.2) is 12.6 Å². The number of methoxy groups -OCH3 is 1. The maximum Gasteiger partial charge on any atom is 0.331 e. The number of benzene rings is 3. The van der Waals surface area contributed by atoms with E-state index >= 15 is 0 Å². The molecular formula is C40H51N3O8Si. The van der Waals surface area contributed by atoms with E-state index in [1.807, 2.05) is 42.5 Å². The Hall–Kier alpha value is -3.58. The molecule has 2 heterocycles. The standard InChI is InChI=1S/C40H51N3O8Si/c1-26-22-23-27(2)35(51-52(40(3,4)5,29-18-12-8-13-19-29)30-20-14-9-15-21-30)34(26)49-39-33(42-43-41)37(46-25-32(44)45-6)36-31(48-39)24-47-38(50-36)28-16-10-7-11-17-28/h7-21,26-27,31,33-39H,22-25H2,1-6H3/t26-,27-,31?,33?,34?,35+,36-,37+,38?,39?/m0/s1. The van der Waals surface area contributed by atoms with Crippen LogP contribution in [0.1, 0.15) is 59.3 Å². The fourth-order valence-electron chi connectivity index (χ4n) is 8.00. The summed E-state index contributed by atoms with van der Waals surface area (Å²) < 4.78 is 45.1. The summed E-state index contributed by atoms with van der Waals surface area (Å²) in [4.78, 5) is 15.5. The van der Waals surface area contributed by atoms with E-state index in [1.165, 1.54) is 17.5 Å². The first kappa shape index (κ1) is 38.2. The van der Waals surface area contributed by atoms with Crippen molar-refractivity contribution in [1.82, 2.24) is 0 Å². The molecule has 0 amide bonds. The van der Waals surface area contributed by atoms with E-state index in [4.69, 9.17) is 32.8 Å². The number of carbonyl (C=O) groups excluding carboxylic acids is 1. The number of rotatable bonds is 11. The minimum Gasteiger partial charge on any atom is -0.467 e. The first-order chi connectivity index (χ1) is 25.1. The van der Waals surface area contributed by atoms with Crippen molar-refractivity contribution >= 4 is 24.7 Å². The minimum absolute atomic E-state index is 0.0863. The van der Waals surface area contributed by atoms with E-state index in [0.29, 0.717) is 0 Å². The second-order valence-electron chi connectivity index (χ2n) is 15.1. The largest absolute Gasteiger partial charge is 0.467 e. The molecular weight excluding hydrogens is 679 g/mol. The normalized spacial score (nSPS) is 30.8. The van der Waals surface area contributed by atoms with Crippen molar-refractivity contribution in [3.63, 3.8) is 0 Å². The summed E-state index contributed by atoms with van der Waals surface area (Å²) in [6, 6.07) is 29.7. The highest BCUT2D eigenvalue weighted by Crippen LogP contribution is 2.44. The Bertz CT molecular complexity index is 1620. The van der Waals surface area contributed by atoms with E-state index in [9.17, 15) is 10.3 Å². The van der Waals surface area contributed by atoms with Crippen LogP contribution in [0.4, 0.5) is 0 Å². The Morgan fingerprint density at radius 3 is 2.00 bits per heavy atom. The van der Waals surface area contributed by atoms with Gasteiger partial charge in [-0.05, 0) is 45.6 Å². The molecule has 0 spiro atoms. The van der Waals surface area contributed by atoms with E-state index in [0.717, 1.165) is 18.4 Å². The zero-order valence-corrected chi connectivity index (χ0v) is 31.9. The van der Waals surface area contributed by atoms with E-state index in [1.54, 1.807) is 0 Å². The van der Waals surface area contributed by atoms with Crippen LogP contribution in [0.25, 0.3) is 10.4 Å². The molecule has 1 aliphatic carbocycles. The lowest BCUT2D eigenvalue weighted by atomic mass is 9.79. The van der Waals surface area contributed by atoms with E-state index < -0.39 is 57.3 Å². The number of hydrogen-bond acceptors (Lipinski definition) is 9. The van der Waals surface area contributed by atoms with Crippen LogP contribution < -0.4 is 10.4 Å². The van der Waals surface area contributed by atoms with Crippen LogP contribution in [0, 0.1) is 11.8 Å². The van der Waals surface area contributed by atoms with Gasteiger partial charge in [0.1, 0.15) is 31.0 Å². The summed E-state index contributed by atoms with van der Waals surface area (Å²) in [6.07, 6.45) is -2.87. The molecule has 3 aromatic carbocycles. The molecule has 2 saturated heterocycles. The van der Waals surface area contributed by atoms with Crippen LogP contribution in [0.5, 0.6) is 0 Å². The third-order valence-electron chi connectivity index (χ3n) is 10.7. The quantitative estimate of drug-likeness (QED) is 0.0723. The molecule has 0 aromatic heterocycles. The minimum atomic E-state index is -2.98. The number of nitrogens with zero attached hydrogens (tertiary/aromatic N) is 3. The van der Waals surface area contributed by atoms with Gasteiger partial charge < -0.3 is 32.8 Å². The van der Waals surface area contributed by atoms with Crippen LogP contribution >= 0.6 is 0 Å². The van der Waals surface area contributed by atoms with Gasteiger partial charge in [0.2, 0.25) is 0 Å². The second-order valence-corrected chi connectivity index (χ2v) is 19.4. The summed E-state index contributed by atoms with van der Waals surface area (Å²) in [5.41, 5.74) is 10.7. The fraction of sp³-hybridized carbons (Fsp3) is 0.525. The van der Waals surface area contributed by atoms with Crippen LogP contribution in [0.15, 0.2) is 96.1 Å². The lowest BCUT2D eigenvalue weighted by molar-refractivity contribution is -0.355. The molecule has 3 aliphatic rings. The monoisotopic (exact) mass is 729 g/mol. The van der Waals surface area contributed by atoms with Gasteiger partial charge in [-0.1, -0.05) is 131 Å². The zero-order chi connectivity index (χ0) is 36.9. The highest BCUT2D eigenvalue weighted by Gasteiger charge is 2.56. The predicted molar refractivity (Wildman–Crippen MR) is 198 cm³/mol. The molecule has 3 fully saturated rings. The molecule has 0 radical (unpaired) electrons. The molecule has 1 saturated carbocycles. The molecule has 2 aliphatic heterocycles. The first-order valence-electron chi connectivity index (χ1n) is 18.2. The van der Waals surface area contributed by atoms with Crippen LogP contribution in [-0.4, -0.2) is 77.5 Å². The Morgan fingerprint density at radius 2 is 1.44 bits per heavy atom. The van der Waals surface area contributed by atoms with Crippen LogP contribution in [0.3, 0.4) is 0 Å². The molecule has 278 valence electrons. The van der Waals surface area contributed by atoms with Crippen molar-refractivity contribution in [2.45, 2.75) is 102 Å². The zero-order valence-electron chi connectivity index (χ0n) is 30.9. The van der Waals surface area contributed by atoms with E-state index in [-0.39, 0.29) is 36.2 Å². The topological polar surface area (TPSA) is 130 Å². The predicted octanol–water partition coefficient (Wildman–Crippen LogP) is 6.46. The lowest BCUT2D eigenvalue weighted by Gasteiger charge is -2.52. The van der Waals surface area contributed by atoms with Crippen molar-refractivity contribution in [1.29, 1.82) is 0 Å². The number of azide groups is 1. The summed E-state index contributed by atoms with van der Waals surface area (Å²) >= 11 is 0. The van der Waals surface area contributed by atoms with Crippen molar-refractivity contribution in [2.24, 2.45) is 17.0 Å². The molecule has 0 bridgehead atoms. The smallest absolute Gasteiger partial charge is 0.331 e. The van der Waals surface area contributed by atoms with Gasteiger partial charge in [-0.3, -0.25) is 0 Å².